The van der Waals surface area contributed by atoms with Gasteiger partial charge in [-0.05, 0) is 37.6 Å². The first kappa shape index (κ1) is 16.7. The second kappa shape index (κ2) is 7.63. The summed E-state index contributed by atoms with van der Waals surface area (Å²) in [5, 5.41) is 3.48. The van der Waals surface area contributed by atoms with Gasteiger partial charge in [0.1, 0.15) is 13.2 Å². The van der Waals surface area contributed by atoms with Crippen LogP contribution in [0, 0.1) is 0 Å². The molecule has 0 fully saturated rings. The predicted octanol–water partition coefficient (Wildman–Crippen LogP) is 2.82. The highest BCUT2D eigenvalue weighted by molar-refractivity contribution is 7.16. The molecule has 24 heavy (non-hydrogen) atoms. The summed E-state index contributed by atoms with van der Waals surface area (Å²) in [5.74, 6) is 1.45. The summed E-state index contributed by atoms with van der Waals surface area (Å²) in [7, 11) is 0. The zero-order valence-electron chi connectivity index (χ0n) is 13.6. The Morgan fingerprint density at radius 1 is 1.33 bits per heavy atom. The Kier molecular flexibility index (Phi) is 5.32. The smallest absolute Gasteiger partial charge is 0.226 e. The first-order chi connectivity index (χ1) is 11.7. The number of benzene rings is 1. The average Bonchev–Trinajstić information content (AvgIpc) is 3.02. The largest absolute Gasteiger partial charge is 0.486 e. The Hall–Kier alpha value is -2.12. The molecule has 1 aromatic heterocycles. The van der Waals surface area contributed by atoms with E-state index in [-0.39, 0.29) is 5.91 Å². The quantitative estimate of drug-likeness (QED) is 0.839. The Balaban J connectivity index is 1.83. The van der Waals surface area contributed by atoms with Gasteiger partial charge in [-0.25, -0.2) is 4.98 Å². The Bertz CT molecular complexity index is 730. The average molecular weight is 347 g/mol. The van der Waals surface area contributed by atoms with Crippen LogP contribution in [-0.2, 0) is 11.2 Å². The molecular formula is C17H21N3O3S. The van der Waals surface area contributed by atoms with Crippen LogP contribution in [0.4, 0.5) is 5.13 Å². The van der Waals surface area contributed by atoms with Crippen molar-refractivity contribution in [3.8, 4) is 22.8 Å². The van der Waals surface area contributed by atoms with Crippen molar-refractivity contribution in [3.63, 3.8) is 0 Å². The van der Waals surface area contributed by atoms with Crippen LogP contribution in [0.2, 0.25) is 0 Å². The maximum absolute atomic E-state index is 11.9. The number of thiazole rings is 1. The molecule has 3 N–H and O–H groups in total. The number of rotatable bonds is 6. The van der Waals surface area contributed by atoms with Gasteiger partial charge in [0.15, 0.2) is 16.6 Å². The van der Waals surface area contributed by atoms with Crippen molar-refractivity contribution in [2.24, 2.45) is 5.73 Å². The maximum Gasteiger partial charge on any atom is 0.226 e. The second-order valence-corrected chi connectivity index (χ2v) is 6.53. The minimum atomic E-state index is -0.0504. The topological polar surface area (TPSA) is 86.5 Å². The molecule has 6 nitrogen and oxygen atoms in total. The number of carbonyl (C=O) groups is 1. The highest BCUT2D eigenvalue weighted by Gasteiger charge is 2.17. The summed E-state index contributed by atoms with van der Waals surface area (Å²) in [6.07, 6.45) is 1.93. The summed E-state index contributed by atoms with van der Waals surface area (Å²) in [6.45, 7) is 3.71. The summed E-state index contributed by atoms with van der Waals surface area (Å²) < 4.78 is 11.2. The molecule has 3 rings (SSSR count). The molecule has 0 saturated heterocycles. The van der Waals surface area contributed by atoms with Crippen LogP contribution >= 0.6 is 11.3 Å². The minimum absolute atomic E-state index is 0.0504. The standard InChI is InChI=1S/C17H21N3O3S/c1-2-14-16(20-17(24-14)19-15(21)4-3-7-18)11-5-6-12-13(10-11)23-9-8-22-12/h5-6,10H,2-4,7-9,18H2,1H3,(H,19,20,21). The molecule has 1 aliphatic rings. The van der Waals surface area contributed by atoms with Gasteiger partial charge in [-0.1, -0.05) is 6.92 Å². The third-order valence-electron chi connectivity index (χ3n) is 3.69. The van der Waals surface area contributed by atoms with E-state index in [9.17, 15) is 4.79 Å². The highest BCUT2D eigenvalue weighted by Crippen LogP contribution is 2.37. The molecule has 128 valence electrons. The van der Waals surface area contributed by atoms with Crippen LogP contribution in [0.5, 0.6) is 11.5 Å². The molecular weight excluding hydrogens is 326 g/mol. The van der Waals surface area contributed by atoms with E-state index < -0.39 is 0 Å². The molecule has 0 unspecified atom stereocenters. The normalized spacial score (nSPS) is 12.9. The number of nitrogens with zero attached hydrogens (tertiary/aromatic N) is 1. The number of carbonyl (C=O) groups excluding carboxylic acids is 1. The minimum Gasteiger partial charge on any atom is -0.486 e. The van der Waals surface area contributed by atoms with E-state index in [0.717, 1.165) is 34.1 Å². The maximum atomic E-state index is 11.9. The van der Waals surface area contributed by atoms with Crippen molar-refractivity contribution in [2.45, 2.75) is 26.2 Å². The zero-order valence-corrected chi connectivity index (χ0v) is 14.4. The van der Waals surface area contributed by atoms with Crippen molar-refractivity contribution in [1.82, 2.24) is 4.98 Å². The number of anilines is 1. The highest BCUT2D eigenvalue weighted by atomic mass is 32.1. The molecule has 0 aliphatic carbocycles. The Morgan fingerprint density at radius 3 is 2.88 bits per heavy atom. The van der Waals surface area contributed by atoms with Crippen molar-refractivity contribution in [1.29, 1.82) is 0 Å². The van der Waals surface area contributed by atoms with E-state index in [1.54, 1.807) is 0 Å². The number of amides is 1. The molecule has 1 aliphatic heterocycles. The molecule has 7 heteroatoms. The van der Waals surface area contributed by atoms with E-state index in [4.69, 9.17) is 15.2 Å². The molecule has 0 saturated carbocycles. The molecule has 1 amide bonds. The van der Waals surface area contributed by atoms with Crippen LogP contribution in [-0.4, -0.2) is 30.6 Å². The third kappa shape index (κ3) is 3.68. The van der Waals surface area contributed by atoms with Crippen LogP contribution in [0.25, 0.3) is 11.3 Å². The summed E-state index contributed by atoms with van der Waals surface area (Å²) in [6, 6.07) is 5.83. The number of nitrogens with two attached hydrogens (primary N) is 1. The van der Waals surface area contributed by atoms with Gasteiger partial charge in [0, 0.05) is 16.9 Å². The number of aryl methyl sites for hydroxylation is 1. The van der Waals surface area contributed by atoms with Gasteiger partial charge in [-0.2, -0.15) is 0 Å². The van der Waals surface area contributed by atoms with Gasteiger partial charge in [-0.15, -0.1) is 11.3 Å². The molecule has 0 spiro atoms. The summed E-state index contributed by atoms with van der Waals surface area (Å²) in [4.78, 5) is 17.6. The molecule has 2 aromatic rings. The lowest BCUT2D eigenvalue weighted by atomic mass is 10.1. The van der Waals surface area contributed by atoms with Gasteiger partial charge in [-0.3, -0.25) is 4.79 Å². The Labute approximate surface area is 145 Å². The first-order valence-electron chi connectivity index (χ1n) is 8.11. The number of hydrogen-bond donors (Lipinski definition) is 2. The number of fused-ring (bicyclic) bond motifs is 1. The van der Waals surface area contributed by atoms with Crippen LogP contribution in [0.15, 0.2) is 18.2 Å². The monoisotopic (exact) mass is 347 g/mol. The lowest BCUT2D eigenvalue weighted by molar-refractivity contribution is -0.116. The first-order valence-corrected chi connectivity index (χ1v) is 8.92. The molecule has 1 aromatic carbocycles. The lowest BCUT2D eigenvalue weighted by Gasteiger charge is -2.18. The van der Waals surface area contributed by atoms with E-state index >= 15 is 0 Å². The fraction of sp³-hybridized carbons (Fsp3) is 0.412. The molecule has 0 radical (unpaired) electrons. The van der Waals surface area contributed by atoms with Crippen LogP contribution in [0.3, 0.4) is 0 Å². The van der Waals surface area contributed by atoms with E-state index in [1.165, 1.54) is 11.3 Å². The summed E-state index contributed by atoms with van der Waals surface area (Å²) >= 11 is 1.51. The number of nitrogens with one attached hydrogen (secondary N) is 1. The SMILES string of the molecule is CCc1sc(NC(=O)CCCN)nc1-c1ccc2c(c1)OCCO2. The molecule has 2 heterocycles. The van der Waals surface area contributed by atoms with Gasteiger partial charge >= 0.3 is 0 Å². The second-order valence-electron chi connectivity index (χ2n) is 5.44. The number of aromatic nitrogens is 1. The van der Waals surface area contributed by atoms with Gasteiger partial charge in [0.2, 0.25) is 5.91 Å². The van der Waals surface area contributed by atoms with Crippen molar-refractivity contribution < 1.29 is 14.3 Å². The fourth-order valence-electron chi connectivity index (χ4n) is 2.51. The van der Waals surface area contributed by atoms with E-state index in [2.05, 4.69) is 17.2 Å². The lowest BCUT2D eigenvalue weighted by Crippen LogP contribution is -2.15. The van der Waals surface area contributed by atoms with Crippen molar-refractivity contribution in [3.05, 3.63) is 23.1 Å². The zero-order chi connectivity index (χ0) is 16.9. The number of ether oxygens (including phenoxy) is 2. The fourth-order valence-corrected chi connectivity index (χ4v) is 3.45. The predicted molar refractivity (Wildman–Crippen MR) is 94.8 cm³/mol. The van der Waals surface area contributed by atoms with Crippen molar-refractivity contribution in [2.75, 3.05) is 25.1 Å². The van der Waals surface area contributed by atoms with E-state index in [0.29, 0.717) is 37.7 Å². The number of hydrogen-bond acceptors (Lipinski definition) is 6. The van der Waals surface area contributed by atoms with Crippen molar-refractivity contribution >= 4 is 22.4 Å². The van der Waals surface area contributed by atoms with Gasteiger partial charge < -0.3 is 20.5 Å². The third-order valence-corrected chi connectivity index (χ3v) is 4.80. The van der Waals surface area contributed by atoms with Crippen LogP contribution in [0.1, 0.15) is 24.6 Å². The van der Waals surface area contributed by atoms with Gasteiger partial charge in [0.25, 0.3) is 0 Å². The molecule has 0 atom stereocenters. The summed E-state index contributed by atoms with van der Waals surface area (Å²) in [5.41, 5.74) is 7.29. The van der Waals surface area contributed by atoms with Crippen LogP contribution < -0.4 is 20.5 Å². The Morgan fingerprint density at radius 2 is 2.12 bits per heavy atom. The molecule has 0 bridgehead atoms. The van der Waals surface area contributed by atoms with Gasteiger partial charge in [0.05, 0.1) is 5.69 Å². The van der Waals surface area contributed by atoms with E-state index in [1.807, 2.05) is 18.2 Å².